The molecule has 0 saturated carbocycles. The Morgan fingerprint density at radius 2 is 2.18 bits per heavy atom. The quantitative estimate of drug-likeness (QED) is 0.752. The number of aliphatic hydroxyl groups excluding tert-OH is 1. The minimum Gasteiger partial charge on any atom is -0.390 e. The van der Waals surface area contributed by atoms with E-state index >= 15 is 0 Å². The number of anilines is 1. The Morgan fingerprint density at radius 3 is 2.91 bits per heavy atom. The first-order valence-electron chi connectivity index (χ1n) is 6.78. The lowest BCUT2D eigenvalue weighted by Crippen LogP contribution is -2.04. The van der Waals surface area contributed by atoms with E-state index in [0.29, 0.717) is 18.1 Å². The molecule has 0 saturated heterocycles. The van der Waals surface area contributed by atoms with Crippen molar-refractivity contribution in [2.45, 2.75) is 20.1 Å². The fourth-order valence-corrected chi connectivity index (χ4v) is 2.68. The number of aryl methyl sites for hydroxylation is 1. The lowest BCUT2D eigenvalue weighted by molar-refractivity contribution is 0.277. The van der Waals surface area contributed by atoms with E-state index in [0.717, 1.165) is 22.1 Å². The van der Waals surface area contributed by atoms with Crippen LogP contribution in [0.2, 0.25) is 0 Å². The normalized spacial score (nSPS) is 10.6. The van der Waals surface area contributed by atoms with Crippen molar-refractivity contribution >= 4 is 17.2 Å². The van der Waals surface area contributed by atoms with E-state index in [9.17, 15) is 0 Å². The molecule has 0 aliphatic carbocycles. The van der Waals surface area contributed by atoms with Gasteiger partial charge in [0.1, 0.15) is 10.8 Å². The van der Waals surface area contributed by atoms with Gasteiger partial charge in [0.05, 0.1) is 18.8 Å². The summed E-state index contributed by atoms with van der Waals surface area (Å²) in [6.45, 7) is 2.46. The molecule has 0 unspecified atom stereocenters. The predicted octanol–water partition coefficient (Wildman–Crippen LogP) is 2.41. The summed E-state index contributed by atoms with van der Waals surface area (Å²) < 4.78 is 0. The molecule has 3 aromatic heterocycles. The minimum absolute atomic E-state index is 0.0335. The van der Waals surface area contributed by atoms with Crippen molar-refractivity contribution < 1.29 is 5.11 Å². The smallest absolute Gasteiger partial charge is 0.163 e. The molecular weight excluding hydrogens is 298 g/mol. The van der Waals surface area contributed by atoms with Crippen LogP contribution >= 0.6 is 11.3 Å². The van der Waals surface area contributed by atoms with Crippen molar-refractivity contribution in [3.8, 4) is 11.4 Å². The van der Waals surface area contributed by atoms with E-state index in [-0.39, 0.29) is 6.61 Å². The van der Waals surface area contributed by atoms with Crippen molar-refractivity contribution in [1.29, 1.82) is 0 Å². The van der Waals surface area contributed by atoms with Gasteiger partial charge in [-0.25, -0.2) is 15.0 Å². The van der Waals surface area contributed by atoms with Gasteiger partial charge in [0.15, 0.2) is 5.82 Å². The van der Waals surface area contributed by atoms with Crippen LogP contribution in [0.1, 0.15) is 16.4 Å². The number of aliphatic hydroxyl groups is 1. The fraction of sp³-hybridized carbons (Fsp3) is 0.200. The molecule has 3 heterocycles. The average Bonchev–Trinajstić information content (AvgIpc) is 3.01. The molecule has 0 aromatic carbocycles. The first-order valence-corrected chi connectivity index (χ1v) is 7.66. The van der Waals surface area contributed by atoms with Crippen molar-refractivity contribution in [2.75, 3.05) is 5.32 Å². The molecular formula is C15H15N5OS. The van der Waals surface area contributed by atoms with Gasteiger partial charge in [-0.3, -0.25) is 4.98 Å². The summed E-state index contributed by atoms with van der Waals surface area (Å²) in [6.07, 6.45) is 3.46. The Hall–Kier alpha value is -2.38. The second-order valence-corrected chi connectivity index (χ2v) is 5.65. The van der Waals surface area contributed by atoms with E-state index in [4.69, 9.17) is 5.11 Å². The van der Waals surface area contributed by atoms with Crippen LogP contribution < -0.4 is 5.32 Å². The van der Waals surface area contributed by atoms with Gasteiger partial charge < -0.3 is 10.4 Å². The van der Waals surface area contributed by atoms with Crippen molar-refractivity contribution in [3.05, 3.63) is 52.4 Å². The highest BCUT2D eigenvalue weighted by atomic mass is 32.1. The molecule has 0 aliphatic heterocycles. The number of pyridine rings is 1. The lowest BCUT2D eigenvalue weighted by Gasteiger charge is -2.07. The highest BCUT2D eigenvalue weighted by molar-refractivity contribution is 7.09. The minimum atomic E-state index is -0.0335. The zero-order valence-electron chi connectivity index (χ0n) is 12.0. The van der Waals surface area contributed by atoms with Crippen LogP contribution in [0.5, 0.6) is 0 Å². The Bertz CT molecular complexity index is 760. The van der Waals surface area contributed by atoms with Gasteiger partial charge in [-0.15, -0.1) is 11.3 Å². The van der Waals surface area contributed by atoms with E-state index in [1.165, 1.54) is 11.3 Å². The molecule has 0 bridgehead atoms. The summed E-state index contributed by atoms with van der Waals surface area (Å²) in [5.74, 6) is 1.39. The van der Waals surface area contributed by atoms with Crippen LogP contribution in [-0.2, 0) is 13.2 Å². The number of nitrogens with zero attached hydrogens (tertiary/aromatic N) is 4. The van der Waals surface area contributed by atoms with Gasteiger partial charge in [0.2, 0.25) is 0 Å². The molecule has 0 fully saturated rings. The van der Waals surface area contributed by atoms with E-state index in [1.807, 2.05) is 30.5 Å². The maximum Gasteiger partial charge on any atom is 0.163 e. The number of hydrogen-bond acceptors (Lipinski definition) is 7. The van der Waals surface area contributed by atoms with Crippen LogP contribution in [0.15, 0.2) is 36.0 Å². The predicted molar refractivity (Wildman–Crippen MR) is 85.4 cm³/mol. The van der Waals surface area contributed by atoms with Gasteiger partial charge in [-0.1, -0.05) is 0 Å². The summed E-state index contributed by atoms with van der Waals surface area (Å²) in [6, 6.07) is 5.68. The van der Waals surface area contributed by atoms with E-state index in [2.05, 4.69) is 25.3 Å². The second-order valence-electron chi connectivity index (χ2n) is 4.70. The zero-order chi connectivity index (χ0) is 15.4. The Labute approximate surface area is 132 Å². The summed E-state index contributed by atoms with van der Waals surface area (Å²) in [5.41, 5.74) is 2.45. The van der Waals surface area contributed by atoms with E-state index < -0.39 is 0 Å². The van der Waals surface area contributed by atoms with Gasteiger partial charge in [0, 0.05) is 35.1 Å². The molecule has 0 atom stereocenters. The molecule has 2 N–H and O–H groups in total. The molecule has 0 amide bonds. The highest BCUT2D eigenvalue weighted by Gasteiger charge is 2.06. The Morgan fingerprint density at radius 1 is 1.27 bits per heavy atom. The van der Waals surface area contributed by atoms with Gasteiger partial charge >= 0.3 is 0 Å². The van der Waals surface area contributed by atoms with Crippen LogP contribution in [-0.4, -0.2) is 25.0 Å². The zero-order valence-corrected chi connectivity index (χ0v) is 12.8. The standard InChI is InChI=1S/C15H15N5OS/c1-10-5-13(17-7-14-19-12(8-21)9-22-14)20-15(18-10)11-3-2-4-16-6-11/h2-6,9,21H,7-8H2,1H3,(H,17,18,20). The van der Waals surface area contributed by atoms with Crippen LogP contribution in [0.25, 0.3) is 11.4 Å². The maximum absolute atomic E-state index is 9.03. The summed E-state index contributed by atoms with van der Waals surface area (Å²) in [5, 5.41) is 15.0. The molecule has 6 nitrogen and oxygen atoms in total. The third-order valence-electron chi connectivity index (χ3n) is 2.96. The van der Waals surface area contributed by atoms with Crippen molar-refractivity contribution in [3.63, 3.8) is 0 Å². The second kappa shape index (κ2) is 6.59. The molecule has 112 valence electrons. The number of rotatable bonds is 5. The van der Waals surface area contributed by atoms with Gasteiger partial charge in [-0.2, -0.15) is 0 Å². The van der Waals surface area contributed by atoms with Crippen molar-refractivity contribution in [2.24, 2.45) is 0 Å². The SMILES string of the molecule is Cc1cc(NCc2nc(CO)cs2)nc(-c2cccnc2)n1. The summed E-state index contributed by atoms with van der Waals surface area (Å²) >= 11 is 1.51. The van der Waals surface area contributed by atoms with Crippen LogP contribution in [0, 0.1) is 6.92 Å². The third kappa shape index (κ3) is 3.44. The molecule has 22 heavy (non-hydrogen) atoms. The van der Waals surface area contributed by atoms with Gasteiger partial charge in [0.25, 0.3) is 0 Å². The first-order chi connectivity index (χ1) is 10.7. The molecule has 0 radical (unpaired) electrons. The molecule has 3 aromatic rings. The summed E-state index contributed by atoms with van der Waals surface area (Å²) in [4.78, 5) is 17.3. The van der Waals surface area contributed by atoms with Crippen molar-refractivity contribution in [1.82, 2.24) is 19.9 Å². The highest BCUT2D eigenvalue weighted by Crippen LogP contribution is 2.18. The van der Waals surface area contributed by atoms with Crippen LogP contribution in [0.4, 0.5) is 5.82 Å². The Kier molecular flexibility index (Phi) is 4.36. The summed E-state index contributed by atoms with van der Waals surface area (Å²) in [7, 11) is 0. The monoisotopic (exact) mass is 313 g/mol. The fourth-order valence-electron chi connectivity index (χ4n) is 1.95. The molecule has 0 spiro atoms. The molecule has 7 heteroatoms. The largest absolute Gasteiger partial charge is 0.390 e. The number of nitrogens with one attached hydrogen (secondary N) is 1. The first kappa shape index (κ1) is 14.6. The van der Waals surface area contributed by atoms with E-state index in [1.54, 1.807) is 12.4 Å². The number of thiazole rings is 1. The average molecular weight is 313 g/mol. The maximum atomic E-state index is 9.03. The van der Waals surface area contributed by atoms with Gasteiger partial charge in [-0.05, 0) is 19.1 Å². The topological polar surface area (TPSA) is 83.8 Å². The number of hydrogen-bond donors (Lipinski definition) is 2. The van der Waals surface area contributed by atoms with Crippen LogP contribution in [0.3, 0.4) is 0 Å². The third-order valence-corrected chi connectivity index (χ3v) is 3.85. The number of aromatic nitrogens is 4. The Balaban J connectivity index is 1.78. The lowest BCUT2D eigenvalue weighted by atomic mass is 10.2. The molecule has 3 rings (SSSR count). The molecule has 0 aliphatic rings.